The second kappa shape index (κ2) is 10.1. The average Bonchev–Trinajstić information content (AvgIpc) is 3.22. The van der Waals surface area contributed by atoms with Crippen molar-refractivity contribution in [1.29, 1.82) is 0 Å². The maximum atomic E-state index is 13.2. The molecular formula is C22H30N4O2S. The smallest absolute Gasteiger partial charge is 0.324 e. The number of pyridine rings is 1. The minimum absolute atomic E-state index is 0.0235. The van der Waals surface area contributed by atoms with E-state index >= 15 is 0 Å². The molecule has 4 rings (SSSR count). The molecule has 0 saturated heterocycles. The van der Waals surface area contributed by atoms with Crippen molar-refractivity contribution in [2.75, 3.05) is 5.32 Å². The Kier molecular flexibility index (Phi) is 6.98. The number of nitrogens with one attached hydrogen (secondary N) is 1. The van der Waals surface area contributed by atoms with Crippen LogP contribution in [-0.4, -0.2) is 33.0 Å². The number of hydrogen-bond donors (Lipinski definition) is 1. The van der Waals surface area contributed by atoms with Crippen molar-refractivity contribution in [2.45, 2.75) is 82.9 Å². The first-order valence-electron chi connectivity index (χ1n) is 10.9. The van der Waals surface area contributed by atoms with Crippen LogP contribution in [0.15, 0.2) is 29.8 Å². The number of thiazole rings is 1. The molecule has 7 heteroatoms. The standard InChI is InChI=1S/C22H30N4O2S/c27-22(26(18-9-3-1-4-10-18)19-11-5-2-6-12-19)25-21-24-17(16-29-21)15-28-20-13-7-8-14-23-20/h7-8,13-14,16,18-19H,1-6,9-12,15H2,(H,24,25,27). The molecule has 0 bridgehead atoms. The average molecular weight is 415 g/mol. The predicted molar refractivity (Wildman–Crippen MR) is 115 cm³/mol. The van der Waals surface area contributed by atoms with Crippen LogP contribution in [0.3, 0.4) is 0 Å². The molecule has 6 nitrogen and oxygen atoms in total. The predicted octanol–water partition coefficient (Wildman–Crippen LogP) is 5.62. The SMILES string of the molecule is O=C(Nc1nc(COc2ccccn2)cs1)N(C1CCCCC1)C1CCCCC1. The summed E-state index contributed by atoms with van der Waals surface area (Å²) in [6.07, 6.45) is 13.7. The van der Waals surface area contributed by atoms with Gasteiger partial charge < -0.3 is 9.64 Å². The molecule has 2 aliphatic rings. The van der Waals surface area contributed by atoms with Crippen LogP contribution in [-0.2, 0) is 6.61 Å². The molecule has 2 saturated carbocycles. The Hall–Kier alpha value is -2.15. The first-order valence-corrected chi connectivity index (χ1v) is 11.7. The molecule has 0 radical (unpaired) electrons. The van der Waals surface area contributed by atoms with E-state index in [1.165, 1.54) is 49.9 Å². The third kappa shape index (κ3) is 5.47. The van der Waals surface area contributed by atoms with Gasteiger partial charge >= 0.3 is 6.03 Å². The number of ether oxygens (including phenoxy) is 1. The Bertz CT molecular complexity index is 752. The van der Waals surface area contributed by atoms with Crippen molar-refractivity contribution >= 4 is 22.5 Å². The first kappa shape index (κ1) is 20.1. The van der Waals surface area contributed by atoms with Gasteiger partial charge in [-0.05, 0) is 31.7 Å². The number of hydrogen-bond acceptors (Lipinski definition) is 5. The summed E-state index contributed by atoms with van der Waals surface area (Å²) >= 11 is 1.45. The van der Waals surface area contributed by atoms with Crippen LogP contribution in [0, 0.1) is 0 Å². The number of amides is 2. The number of urea groups is 1. The maximum absolute atomic E-state index is 13.2. The van der Waals surface area contributed by atoms with Crippen molar-refractivity contribution in [2.24, 2.45) is 0 Å². The monoisotopic (exact) mass is 414 g/mol. The van der Waals surface area contributed by atoms with Crippen LogP contribution in [0.5, 0.6) is 5.88 Å². The van der Waals surface area contributed by atoms with Crippen molar-refractivity contribution in [3.8, 4) is 5.88 Å². The minimum Gasteiger partial charge on any atom is -0.471 e. The van der Waals surface area contributed by atoms with Gasteiger partial charge in [-0.25, -0.2) is 14.8 Å². The Morgan fingerprint density at radius 2 is 1.76 bits per heavy atom. The van der Waals surface area contributed by atoms with Crippen molar-refractivity contribution < 1.29 is 9.53 Å². The van der Waals surface area contributed by atoms with Gasteiger partial charge in [0.15, 0.2) is 5.13 Å². The van der Waals surface area contributed by atoms with Crippen LogP contribution >= 0.6 is 11.3 Å². The van der Waals surface area contributed by atoms with E-state index in [9.17, 15) is 4.79 Å². The van der Waals surface area contributed by atoms with E-state index in [1.807, 2.05) is 23.6 Å². The van der Waals surface area contributed by atoms with E-state index in [4.69, 9.17) is 4.74 Å². The van der Waals surface area contributed by atoms with Crippen LogP contribution in [0.1, 0.15) is 69.9 Å². The van der Waals surface area contributed by atoms with E-state index in [-0.39, 0.29) is 6.03 Å². The van der Waals surface area contributed by atoms with Crippen LogP contribution < -0.4 is 10.1 Å². The lowest BCUT2D eigenvalue weighted by atomic mass is 9.89. The van der Waals surface area contributed by atoms with Crippen LogP contribution in [0.2, 0.25) is 0 Å². The molecule has 2 aliphatic carbocycles. The largest absolute Gasteiger partial charge is 0.471 e. The second-order valence-electron chi connectivity index (χ2n) is 8.02. The van der Waals surface area contributed by atoms with Crippen LogP contribution in [0.4, 0.5) is 9.93 Å². The zero-order valence-corrected chi connectivity index (χ0v) is 17.7. The van der Waals surface area contributed by atoms with Crippen LogP contribution in [0.25, 0.3) is 0 Å². The Balaban J connectivity index is 1.38. The topological polar surface area (TPSA) is 67.3 Å². The zero-order valence-electron chi connectivity index (χ0n) is 16.9. The summed E-state index contributed by atoms with van der Waals surface area (Å²) in [4.78, 5) is 24.1. The lowest BCUT2D eigenvalue weighted by Crippen LogP contribution is -2.50. The molecule has 2 aromatic heterocycles. The summed E-state index contributed by atoms with van der Waals surface area (Å²) in [6.45, 7) is 0.346. The van der Waals surface area contributed by atoms with Gasteiger partial charge in [-0.3, -0.25) is 5.32 Å². The van der Waals surface area contributed by atoms with Gasteiger partial charge in [-0.2, -0.15) is 0 Å². The van der Waals surface area contributed by atoms with Gasteiger partial charge in [0.2, 0.25) is 5.88 Å². The molecular weight excluding hydrogens is 384 g/mol. The number of nitrogens with zero attached hydrogens (tertiary/aromatic N) is 3. The van der Waals surface area contributed by atoms with Gasteiger partial charge in [-0.1, -0.05) is 44.6 Å². The highest BCUT2D eigenvalue weighted by Crippen LogP contribution is 2.31. The third-order valence-corrected chi connectivity index (χ3v) is 6.75. The molecule has 0 atom stereocenters. The molecule has 0 aliphatic heterocycles. The third-order valence-electron chi connectivity index (χ3n) is 5.94. The number of carbonyl (C=O) groups excluding carboxylic acids is 1. The summed E-state index contributed by atoms with van der Waals surface area (Å²) in [5.74, 6) is 0.576. The van der Waals surface area contributed by atoms with Crippen molar-refractivity contribution in [1.82, 2.24) is 14.9 Å². The molecule has 29 heavy (non-hydrogen) atoms. The lowest BCUT2D eigenvalue weighted by molar-refractivity contribution is 0.114. The van der Waals surface area contributed by atoms with E-state index in [1.54, 1.807) is 6.20 Å². The molecule has 2 aromatic rings. The lowest BCUT2D eigenvalue weighted by Gasteiger charge is -2.41. The molecule has 2 amide bonds. The quantitative estimate of drug-likeness (QED) is 0.666. The number of rotatable bonds is 6. The van der Waals surface area contributed by atoms with E-state index in [0.29, 0.717) is 29.7 Å². The minimum atomic E-state index is 0.0235. The van der Waals surface area contributed by atoms with Gasteiger partial charge in [0.05, 0.1) is 5.69 Å². The molecule has 0 spiro atoms. The van der Waals surface area contributed by atoms with Gasteiger partial charge in [-0.15, -0.1) is 11.3 Å². The molecule has 1 N–H and O–H groups in total. The number of aromatic nitrogens is 2. The fourth-order valence-electron chi connectivity index (χ4n) is 4.52. The number of anilines is 1. The van der Waals surface area contributed by atoms with Gasteiger partial charge in [0.1, 0.15) is 6.61 Å². The maximum Gasteiger partial charge on any atom is 0.324 e. The molecule has 2 heterocycles. The second-order valence-corrected chi connectivity index (χ2v) is 8.88. The first-order chi connectivity index (χ1) is 14.3. The fourth-order valence-corrected chi connectivity index (χ4v) is 5.20. The van der Waals surface area contributed by atoms with E-state index in [2.05, 4.69) is 20.2 Å². The summed E-state index contributed by atoms with van der Waals surface area (Å²) in [7, 11) is 0. The van der Waals surface area contributed by atoms with Crippen molar-refractivity contribution in [3.63, 3.8) is 0 Å². The van der Waals surface area contributed by atoms with Crippen molar-refractivity contribution in [3.05, 3.63) is 35.5 Å². The Morgan fingerprint density at radius 1 is 1.07 bits per heavy atom. The highest BCUT2D eigenvalue weighted by molar-refractivity contribution is 7.13. The summed E-state index contributed by atoms with van der Waals surface area (Å²) < 4.78 is 5.66. The van der Waals surface area contributed by atoms with Gasteiger partial charge in [0, 0.05) is 29.7 Å². The summed E-state index contributed by atoms with van der Waals surface area (Å²) in [6, 6.07) is 6.34. The Morgan fingerprint density at radius 3 is 2.38 bits per heavy atom. The fraction of sp³-hybridized carbons (Fsp3) is 0.591. The molecule has 156 valence electrons. The molecule has 2 fully saturated rings. The molecule has 0 unspecified atom stereocenters. The number of carbonyl (C=O) groups is 1. The highest BCUT2D eigenvalue weighted by Gasteiger charge is 2.32. The molecule has 0 aromatic carbocycles. The zero-order chi connectivity index (χ0) is 19.9. The normalized spacial score (nSPS) is 18.3. The van der Waals surface area contributed by atoms with E-state index in [0.717, 1.165) is 31.4 Å². The summed E-state index contributed by atoms with van der Waals surface area (Å²) in [5, 5.41) is 5.66. The highest BCUT2D eigenvalue weighted by atomic mass is 32.1. The Labute approximate surface area is 176 Å². The van der Waals surface area contributed by atoms with E-state index < -0.39 is 0 Å². The van der Waals surface area contributed by atoms with Gasteiger partial charge in [0.25, 0.3) is 0 Å². The summed E-state index contributed by atoms with van der Waals surface area (Å²) in [5.41, 5.74) is 0.804.